The molecule has 0 aliphatic heterocycles. The summed E-state index contributed by atoms with van der Waals surface area (Å²) in [4.78, 5) is 3.04. The minimum absolute atomic E-state index is 0.910. The Morgan fingerprint density at radius 1 is 1.30 bits per heavy atom. The lowest BCUT2D eigenvalue weighted by atomic mass is 10.5. The van der Waals surface area contributed by atoms with Crippen molar-refractivity contribution in [3.05, 3.63) is 30.1 Å². The number of hydrogen-bond donors (Lipinski definition) is 0. The van der Waals surface area contributed by atoms with E-state index in [1.807, 2.05) is 13.8 Å². The number of pyridine rings is 1. The molecule has 0 aliphatic rings. The van der Waals surface area contributed by atoms with E-state index in [0.717, 1.165) is 6.07 Å². The number of nitrogens with zero attached hydrogens (tertiary/aromatic N) is 1. The number of rotatable bonds is 0. The molecule has 0 saturated heterocycles. The maximum atomic E-state index is 11.9. The highest BCUT2D eigenvalue weighted by Crippen LogP contribution is 1.97. The van der Waals surface area contributed by atoms with Gasteiger partial charge in [0.1, 0.15) is 0 Å². The molecule has 0 aliphatic carbocycles. The standard InChI is InChI=1S/C5H3F2N.C2H6/c6-4-2-1-3-8-5(4)7;1-2/h1-3H;1-2H3. The van der Waals surface area contributed by atoms with Crippen LogP contribution in [0, 0.1) is 11.8 Å². The van der Waals surface area contributed by atoms with E-state index in [0.29, 0.717) is 0 Å². The zero-order valence-electron chi connectivity index (χ0n) is 5.94. The molecule has 0 amide bonds. The molecule has 1 nitrogen and oxygen atoms in total. The van der Waals surface area contributed by atoms with Crippen LogP contribution in [-0.4, -0.2) is 4.98 Å². The Hall–Kier alpha value is -0.990. The van der Waals surface area contributed by atoms with Gasteiger partial charge >= 0.3 is 0 Å². The van der Waals surface area contributed by atoms with Crippen molar-refractivity contribution in [1.82, 2.24) is 4.98 Å². The van der Waals surface area contributed by atoms with Crippen molar-refractivity contribution in [2.45, 2.75) is 13.8 Å². The van der Waals surface area contributed by atoms with Crippen molar-refractivity contribution in [1.29, 1.82) is 0 Å². The predicted octanol–water partition coefficient (Wildman–Crippen LogP) is 2.39. The molecule has 1 aromatic heterocycles. The lowest BCUT2D eigenvalue weighted by Crippen LogP contribution is -1.84. The van der Waals surface area contributed by atoms with Crippen LogP contribution >= 0.6 is 0 Å². The Morgan fingerprint density at radius 2 is 1.90 bits per heavy atom. The first-order chi connectivity index (χ1) is 4.80. The Morgan fingerprint density at radius 3 is 2.20 bits per heavy atom. The van der Waals surface area contributed by atoms with Crippen LogP contribution in [0.5, 0.6) is 0 Å². The quantitative estimate of drug-likeness (QED) is 0.511. The molecule has 0 atom stereocenters. The summed E-state index contributed by atoms with van der Waals surface area (Å²) < 4.78 is 23.7. The number of hydrogen-bond acceptors (Lipinski definition) is 1. The molecule has 1 aromatic rings. The number of halogens is 2. The molecule has 1 rings (SSSR count). The van der Waals surface area contributed by atoms with Crippen LogP contribution in [0.1, 0.15) is 13.8 Å². The average Bonchev–Trinajstić information content (AvgIpc) is 2.00. The Kier molecular flexibility index (Phi) is 4.37. The van der Waals surface area contributed by atoms with Crippen LogP contribution < -0.4 is 0 Å². The van der Waals surface area contributed by atoms with Gasteiger partial charge in [-0.25, -0.2) is 9.37 Å². The van der Waals surface area contributed by atoms with Gasteiger partial charge in [0.25, 0.3) is 0 Å². The van der Waals surface area contributed by atoms with Crippen LogP contribution in [0.4, 0.5) is 8.78 Å². The van der Waals surface area contributed by atoms with Gasteiger partial charge in [0.2, 0.25) is 5.95 Å². The van der Waals surface area contributed by atoms with Crippen LogP contribution in [-0.2, 0) is 0 Å². The molecule has 0 aromatic carbocycles. The van der Waals surface area contributed by atoms with E-state index in [1.165, 1.54) is 12.3 Å². The van der Waals surface area contributed by atoms with Crippen LogP contribution in [0.2, 0.25) is 0 Å². The van der Waals surface area contributed by atoms with Gasteiger partial charge in [-0.05, 0) is 12.1 Å². The summed E-state index contributed by atoms with van der Waals surface area (Å²) in [6, 6.07) is 2.35. The summed E-state index contributed by atoms with van der Waals surface area (Å²) in [5.74, 6) is -1.96. The second-order valence-electron chi connectivity index (χ2n) is 1.28. The molecule has 0 radical (unpaired) electrons. The smallest absolute Gasteiger partial charge is 0.226 e. The first kappa shape index (κ1) is 9.01. The third-order valence-corrected chi connectivity index (χ3v) is 0.714. The molecule has 10 heavy (non-hydrogen) atoms. The van der Waals surface area contributed by atoms with Gasteiger partial charge in [-0.15, -0.1) is 0 Å². The van der Waals surface area contributed by atoms with E-state index < -0.39 is 11.8 Å². The minimum atomic E-state index is -1.05. The highest BCUT2D eigenvalue weighted by Gasteiger charge is 1.95. The largest absolute Gasteiger partial charge is 0.248 e. The first-order valence-electron chi connectivity index (χ1n) is 3.07. The lowest BCUT2D eigenvalue weighted by molar-refractivity contribution is 0.479. The summed E-state index contributed by atoms with van der Waals surface area (Å²) >= 11 is 0. The lowest BCUT2D eigenvalue weighted by Gasteiger charge is -1.84. The van der Waals surface area contributed by atoms with Crippen molar-refractivity contribution in [3.63, 3.8) is 0 Å². The average molecular weight is 145 g/mol. The van der Waals surface area contributed by atoms with Gasteiger partial charge in [0.15, 0.2) is 5.82 Å². The zero-order valence-corrected chi connectivity index (χ0v) is 5.94. The monoisotopic (exact) mass is 145 g/mol. The van der Waals surface area contributed by atoms with Crippen molar-refractivity contribution in [2.75, 3.05) is 0 Å². The Labute approximate surface area is 58.7 Å². The maximum absolute atomic E-state index is 11.9. The van der Waals surface area contributed by atoms with Crippen molar-refractivity contribution >= 4 is 0 Å². The van der Waals surface area contributed by atoms with Crippen LogP contribution in [0.15, 0.2) is 18.3 Å². The topological polar surface area (TPSA) is 12.9 Å². The van der Waals surface area contributed by atoms with Gasteiger partial charge in [-0.1, -0.05) is 13.8 Å². The van der Waals surface area contributed by atoms with Gasteiger partial charge in [-0.2, -0.15) is 4.39 Å². The van der Waals surface area contributed by atoms with Gasteiger partial charge in [0, 0.05) is 6.20 Å². The Bertz CT molecular complexity index is 168. The summed E-state index contributed by atoms with van der Waals surface area (Å²) in [7, 11) is 0. The van der Waals surface area contributed by atoms with E-state index in [4.69, 9.17) is 0 Å². The molecular weight excluding hydrogens is 136 g/mol. The number of aromatic nitrogens is 1. The molecule has 0 spiro atoms. The normalized spacial score (nSPS) is 8.00. The van der Waals surface area contributed by atoms with Gasteiger partial charge in [0.05, 0.1) is 0 Å². The highest BCUT2D eigenvalue weighted by molar-refractivity contribution is 4.95. The van der Waals surface area contributed by atoms with E-state index in [2.05, 4.69) is 4.98 Å². The predicted molar refractivity (Wildman–Crippen MR) is 35.5 cm³/mol. The van der Waals surface area contributed by atoms with E-state index >= 15 is 0 Å². The SMILES string of the molecule is CC.Fc1cccnc1F. The van der Waals surface area contributed by atoms with Crippen molar-refractivity contribution < 1.29 is 8.78 Å². The summed E-state index contributed by atoms with van der Waals surface area (Å²) in [6.45, 7) is 4.00. The van der Waals surface area contributed by atoms with Crippen LogP contribution in [0.25, 0.3) is 0 Å². The van der Waals surface area contributed by atoms with Crippen molar-refractivity contribution in [3.8, 4) is 0 Å². The second-order valence-corrected chi connectivity index (χ2v) is 1.28. The fourth-order valence-electron chi connectivity index (χ4n) is 0.366. The molecule has 3 heteroatoms. The third kappa shape index (κ3) is 2.53. The Balaban J connectivity index is 0.000000371. The minimum Gasteiger partial charge on any atom is -0.226 e. The summed E-state index contributed by atoms with van der Waals surface area (Å²) in [5.41, 5.74) is 0. The maximum Gasteiger partial charge on any atom is 0.248 e. The summed E-state index contributed by atoms with van der Waals surface area (Å²) in [5, 5.41) is 0. The zero-order chi connectivity index (χ0) is 7.98. The molecule has 0 N–H and O–H groups in total. The van der Waals surface area contributed by atoms with Gasteiger partial charge in [-0.3, -0.25) is 0 Å². The molecular formula is C7H9F2N. The van der Waals surface area contributed by atoms with E-state index in [1.54, 1.807) is 0 Å². The first-order valence-corrected chi connectivity index (χ1v) is 3.07. The van der Waals surface area contributed by atoms with E-state index in [9.17, 15) is 8.78 Å². The fourth-order valence-corrected chi connectivity index (χ4v) is 0.366. The van der Waals surface area contributed by atoms with Crippen molar-refractivity contribution in [2.24, 2.45) is 0 Å². The molecule has 0 saturated carbocycles. The highest BCUT2D eigenvalue weighted by atomic mass is 19.2. The fraction of sp³-hybridized carbons (Fsp3) is 0.286. The van der Waals surface area contributed by atoms with Gasteiger partial charge < -0.3 is 0 Å². The molecule has 56 valence electrons. The van der Waals surface area contributed by atoms with Crippen LogP contribution in [0.3, 0.4) is 0 Å². The molecule has 0 unspecified atom stereocenters. The molecule has 0 fully saturated rings. The van der Waals surface area contributed by atoms with E-state index in [-0.39, 0.29) is 0 Å². The molecule has 1 heterocycles. The third-order valence-electron chi connectivity index (χ3n) is 0.714. The molecule has 0 bridgehead atoms. The summed E-state index contributed by atoms with van der Waals surface area (Å²) in [6.07, 6.45) is 1.19. The second kappa shape index (κ2) is 4.85.